The van der Waals surface area contributed by atoms with E-state index < -0.39 is 0 Å². The second kappa shape index (κ2) is 8.82. The molecule has 0 aliphatic rings. The third-order valence-corrected chi connectivity index (χ3v) is 3.31. The second-order valence-corrected chi connectivity index (χ2v) is 5.07. The summed E-state index contributed by atoms with van der Waals surface area (Å²) in [4.78, 5) is 0. The van der Waals surface area contributed by atoms with Crippen LogP contribution in [0.3, 0.4) is 0 Å². The van der Waals surface area contributed by atoms with Crippen LogP contribution in [-0.2, 0) is 11.2 Å². The molecule has 4 nitrogen and oxygen atoms in total. The number of nitrogens with two attached hydrogens (primary N) is 1. The maximum Gasteiger partial charge on any atom is 0.161 e. The van der Waals surface area contributed by atoms with Gasteiger partial charge in [-0.15, -0.1) is 0 Å². The van der Waals surface area contributed by atoms with Gasteiger partial charge in [0.15, 0.2) is 11.5 Å². The van der Waals surface area contributed by atoms with Crippen molar-refractivity contribution in [2.75, 3.05) is 20.8 Å². The van der Waals surface area contributed by atoms with E-state index >= 15 is 0 Å². The summed E-state index contributed by atoms with van der Waals surface area (Å²) >= 11 is 0. The fraction of sp³-hybridized carbons (Fsp3) is 0.625. The minimum atomic E-state index is 0.0904. The Bertz CT molecular complexity index is 395. The van der Waals surface area contributed by atoms with Crippen molar-refractivity contribution < 1.29 is 14.2 Å². The van der Waals surface area contributed by atoms with Crippen molar-refractivity contribution in [3.63, 3.8) is 0 Å². The summed E-state index contributed by atoms with van der Waals surface area (Å²) in [6, 6.07) is 6.21. The molecule has 0 saturated carbocycles. The SMILES string of the molecule is CCC(N)Cc1ccc(OC(C)CCOC)c(OC)c1. The van der Waals surface area contributed by atoms with E-state index in [9.17, 15) is 0 Å². The van der Waals surface area contributed by atoms with E-state index in [1.807, 2.05) is 19.1 Å². The third kappa shape index (κ3) is 5.39. The molecule has 0 bridgehead atoms. The molecule has 0 aromatic heterocycles. The standard InChI is InChI=1S/C16H27NO3/c1-5-14(17)10-13-6-7-15(16(11-13)19-4)20-12(2)8-9-18-3/h6-7,11-12,14H,5,8-10,17H2,1-4H3. The van der Waals surface area contributed by atoms with Gasteiger partial charge in [0.25, 0.3) is 0 Å². The number of hydrogen-bond donors (Lipinski definition) is 1. The summed E-state index contributed by atoms with van der Waals surface area (Å²) in [5.74, 6) is 1.53. The molecule has 2 N–H and O–H groups in total. The molecule has 0 amide bonds. The van der Waals surface area contributed by atoms with Gasteiger partial charge in [-0.05, 0) is 37.5 Å². The van der Waals surface area contributed by atoms with Gasteiger partial charge in [-0.3, -0.25) is 0 Å². The van der Waals surface area contributed by atoms with Crippen LogP contribution in [0.5, 0.6) is 11.5 Å². The molecular weight excluding hydrogens is 254 g/mol. The summed E-state index contributed by atoms with van der Waals surface area (Å²) in [5.41, 5.74) is 7.16. The quantitative estimate of drug-likeness (QED) is 0.756. The molecule has 0 heterocycles. The van der Waals surface area contributed by atoms with Gasteiger partial charge in [-0.1, -0.05) is 13.0 Å². The van der Waals surface area contributed by atoms with E-state index in [4.69, 9.17) is 19.9 Å². The highest BCUT2D eigenvalue weighted by atomic mass is 16.5. The molecule has 4 heteroatoms. The summed E-state index contributed by atoms with van der Waals surface area (Å²) in [6.07, 6.45) is 2.76. The number of methoxy groups -OCH3 is 2. The maximum atomic E-state index is 5.98. The summed E-state index contributed by atoms with van der Waals surface area (Å²) in [7, 11) is 3.35. The van der Waals surface area contributed by atoms with Crippen molar-refractivity contribution in [2.45, 2.75) is 45.3 Å². The van der Waals surface area contributed by atoms with Crippen molar-refractivity contribution >= 4 is 0 Å². The Kier molecular flexibility index (Phi) is 7.41. The average Bonchev–Trinajstić information content (AvgIpc) is 2.46. The number of hydrogen-bond acceptors (Lipinski definition) is 4. The lowest BCUT2D eigenvalue weighted by Gasteiger charge is -2.18. The van der Waals surface area contributed by atoms with Gasteiger partial charge in [0, 0.05) is 26.2 Å². The Labute approximate surface area is 122 Å². The number of rotatable bonds is 9. The number of ether oxygens (including phenoxy) is 3. The zero-order valence-electron chi connectivity index (χ0n) is 13.0. The highest BCUT2D eigenvalue weighted by Crippen LogP contribution is 2.29. The minimum Gasteiger partial charge on any atom is -0.493 e. The van der Waals surface area contributed by atoms with Crippen molar-refractivity contribution in [1.29, 1.82) is 0 Å². The highest BCUT2D eigenvalue weighted by molar-refractivity contribution is 5.43. The lowest BCUT2D eigenvalue weighted by Crippen LogP contribution is -2.21. The summed E-state index contributed by atoms with van der Waals surface area (Å²) < 4.78 is 16.4. The van der Waals surface area contributed by atoms with E-state index in [0.29, 0.717) is 6.61 Å². The van der Waals surface area contributed by atoms with Crippen LogP contribution in [-0.4, -0.2) is 33.0 Å². The van der Waals surface area contributed by atoms with Gasteiger partial charge in [-0.25, -0.2) is 0 Å². The first-order valence-corrected chi connectivity index (χ1v) is 7.18. The molecule has 0 saturated heterocycles. The van der Waals surface area contributed by atoms with E-state index in [2.05, 4.69) is 13.0 Å². The van der Waals surface area contributed by atoms with Gasteiger partial charge < -0.3 is 19.9 Å². The van der Waals surface area contributed by atoms with Crippen molar-refractivity contribution in [3.05, 3.63) is 23.8 Å². The fourth-order valence-corrected chi connectivity index (χ4v) is 1.94. The Hall–Kier alpha value is -1.26. The molecular formula is C16H27NO3. The average molecular weight is 281 g/mol. The van der Waals surface area contributed by atoms with Gasteiger partial charge in [0.05, 0.1) is 13.2 Å². The predicted molar refractivity (Wildman–Crippen MR) is 81.5 cm³/mol. The lowest BCUT2D eigenvalue weighted by molar-refractivity contribution is 0.132. The van der Waals surface area contributed by atoms with Gasteiger partial charge in [0.1, 0.15) is 0 Å². The normalized spacial score (nSPS) is 13.8. The first kappa shape index (κ1) is 16.8. The lowest BCUT2D eigenvalue weighted by atomic mass is 10.0. The van der Waals surface area contributed by atoms with Crippen LogP contribution in [0.2, 0.25) is 0 Å². The highest BCUT2D eigenvalue weighted by Gasteiger charge is 2.11. The Morgan fingerprint density at radius 1 is 1.20 bits per heavy atom. The Balaban J connectivity index is 2.72. The van der Waals surface area contributed by atoms with E-state index in [1.165, 1.54) is 5.56 Å². The minimum absolute atomic E-state index is 0.0904. The molecule has 1 aromatic rings. The van der Waals surface area contributed by atoms with Crippen molar-refractivity contribution in [1.82, 2.24) is 0 Å². The first-order chi connectivity index (χ1) is 9.60. The molecule has 0 spiro atoms. The van der Waals surface area contributed by atoms with Gasteiger partial charge in [0.2, 0.25) is 0 Å². The van der Waals surface area contributed by atoms with Gasteiger partial charge in [-0.2, -0.15) is 0 Å². The van der Waals surface area contributed by atoms with Gasteiger partial charge >= 0.3 is 0 Å². The van der Waals surface area contributed by atoms with E-state index in [0.717, 1.165) is 30.8 Å². The van der Waals surface area contributed by atoms with E-state index in [1.54, 1.807) is 14.2 Å². The summed E-state index contributed by atoms with van der Waals surface area (Å²) in [5, 5.41) is 0. The van der Waals surface area contributed by atoms with Crippen LogP contribution in [0.4, 0.5) is 0 Å². The molecule has 0 aliphatic carbocycles. The first-order valence-electron chi connectivity index (χ1n) is 7.18. The zero-order chi connectivity index (χ0) is 15.0. The predicted octanol–water partition coefficient (Wildman–Crippen LogP) is 2.78. The molecule has 2 unspecified atom stereocenters. The molecule has 1 aromatic carbocycles. The summed E-state index contributed by atoms with van der Waals surface area (Å²) in [6.45, 7) is 4.81. The van der Waals surface area contributed by atoms with Crippen LogP contribution in [0, 0.1) is 0 Å². The van der Waals surface area contributed by atoms with Crippen LogP contribution in [0.15, 0.2) is 18.2 Å². The topological polar surface area (TPSA) is 53.7 Å². The molecule has 0 radical (unpaired) electrons. The molecule has 20 heavy (non-hydrogen) atoms. The third-order valence-electron chi connectivity index (χ3n) is 3.31. The molecule has 1 rings (SSSR count). The van der Waals surface area contributed by atoms with Crippen LogP contribution >= 0.6 is 0 Å². The van der Waals surface area contributed by atoms with Crippen molar-refractivity contribution in [3.8, 4) is 11.5 Å². The second-order valence-electron chi connectivity index (χ2n) is 5.07. The van der Waals surface area contributed by atoms with Crippen LogP contribution in [0.1, 0.15) is 32.3 Å². The largest absolute Gasteiger partial charge is 0.493 e. The monoisotopic (exact) mass is 281 g/mol. The zero-order valence-corrected chi connectivity index (χ0v) is 13.0. The molecule has 0 aliphatic heterocycles. The van der Waals surface area contributed by atoms with E-state index in [-0.39, 0.29) is 12.1 Å². The van der Waals surface area contributed by atoms with Crippen molar-refractivity contribution in [2.24, 2.45) is 5.73 Å². The fourth-order valence-electron chi connectivity index (χ4n) is 1.94. The molecule has 114 valence electrons. The Morgan fingerprint density at radius 2 is 1.95 bits per heavy atom. The Morgan fingerprint density at radius 3 is 2.55 bits per heavy atom. The van der Waals surface area contributed by atoms with Crippen LogP contribution in [0.25, 0.3) is 0 Å². The molecule has 0 fully saturated rings. The number of benzene rings is 1. The van der Waals surface area contributed by atoms with Crippen LogP contribution < -0.4 is 15.2 Å². The maximum absolute atomic E-state index is 5.98. The smallest absolute Gasteiger partial charge is 0.161 e. The molecule has 2 atom stereocenters.